The molecular formula is C75H80O8P2. The molecule has 0 spiro atoms. The molecule has 2 fully saturated rings. The van der Waals surface area contributed by atoms with Gasteiger partial charge in [0.1, 0.15) is 35.2 Å². The van der Waals surface area contributed by atoms with Crippen LogP contribution in [0.4, 0.5) is 0 Å². The molecule has 2 saturated heterocycles. The summed E-state index contributed by atoms with van der Waals surface area (Å²) < 4.78 is 61.3. The molecule has 5 heterocycles. The van der Waals surface area contributed by atoms with Crippen LogP contribution in [0, 0.1) is 0 Å². The Morgan fingerprint density at radius 3 is 0.871 bits per heavy atom. The summed E-state index contributed by atoms with van der Waals surface area (Å²) in [6.07, 6.45) is 0.542. The predicted octanol–water partition coefficient (Wildman–Crippen LogP) is 19.0. The van der Waals surface area contributed by atoms with Gasteiger partial charge in [-0.15, -0.1) is 0 Å². The molecule has 0 unspecified atom stereocenters. The van der Waals surface area contributed by atoms with Crippen molar-refractivity contribution in [2.75, 3.05) is 0 Å². The maximum atomic E-state index is 8.12. The molecule has 8 aromatic carbocycles. The summed E-state index contributed by atoms with van der Waals surface area (Å²) in [6, 6.07) is 60.6. The largest absolute Gasteiger partial charge is 0.530 e. The SMILES string of the molecule is CC1(C)O[C@H]2[C@H](O1)C(c1ccccc1)(c1ccccc1)OP(Oc1c3cc(C(C)(C)C)cc1Cc1cc(C(C)(C)C)cc4c1OP1Oc5c(cc(C(C)(C)C)cc5C4)Cc4cc(C(C)(C)C)cc(c4O1)C3)OC2(c1ccccc1)c1ccccc1. The van der Waals surface area contributed by atoms with Gasteiger partial charge in [0.05, 0.1) is 0 Å². The van der Waals surface area contributed by atoms with Gasteiger partial charge in [0.2, 0.25) is 0 Å². The molecule has 438 valence electrons. The van der Waals surface area contributed by atoms with E-state index in [2.05, 4.69) is 229 Å². The fourth-order valence-electron chi connectivity index (χ4n) is 13.1. The van der Waals surface area contributed by atoms with Crippen molar-refractivity contribution < 1.29 is 36.6 Å². The van der Waals surface area contributed by atoms with Crippen LogP contribution in [0.25, 0.3) is 0 Å². The summed E-state index contributed by atoms with van der Waals surface area (Å²) >= 11 is 0. The molecule has 0 radical (unpaired) electrons. The van der Waals surface area contributed by atoms with E-state index in [1.165, 1.54) is 22.3 Å². The number of hydrogen-bond acceptors (Lipinski definition) is 8. The monoisotopic (exact) mass is 1170 g/mol. The summed E-state index contributed by atoms with van der Waals surface area (Å²) in [5.74, 6) is 2.02. The van der Waals surface area contributed by atoms with E-state index in [0.29, 0.717) is 31.4 Å². The van der Waals surface area contributed by atoms with Crippen LogP contribution < -0.4 is 18.1 Å². The Bertz CT molecular complexity index is 3530. The normalized spacial score (nSPS) is 19.7. The van der Waals surface area contributed by atoms with E-state index < -0.39 is 46.4 Å². The van der Waals surface area contributed by atoms with Crippen LogP contribution >= 0.6 is 17.2 Å². The zero-order chi connectivity index (χ0) is 59.6. The molecule has 0 amide bonds. The third-order valence-electron chi connectivity index (χ3n) is 17.8. The Morgan fingerprint density at radius 1 is 0.365 bits per heavy atom. The van der Waals surface area contributed by atoms with Crippen molar-refractivity contribution in [3.63, 3.8) is 0 Å². The predicted molar refractivity (Wildman–Crippen MR) is 341 cm³/mol. The van der Waals surface area contributed by atoms with Crippen molar-refractivity contribution in [1.29, 1.82) is 0 Å². The topological polar surface area (TPSA) is 73.8 Å². The van der Waals surface area contributed by atoms with Gasteiger partial charge in [-0.25, -0.2) is 0 Å². The number of fused-ring (bicyclic) bond motifs is 3. The van der Waals surface area contributed by atoms with Crippen LogP contribution in [0.15, 0.2) is 170 Å². The van der Waals surface area contributed by atoms with Crippen molar-refractivity contribution in [2.45, 2.75) is 173 Å². The molecule has 10 heteroatoms. The summed E-state index contributed by atoms with van der Waals surface area (Å²) in [4.78, 5) is 0. The van der Waals surface area contributed by atoms with Gasteiger partial charge in [-0.3, -0.25) is 9.05 Å². The van der Waals surface area contributed by atoms with Crippen molar-refractivity contribution in [1.82, 2.24) is 0 Å². The van der Waals surface area contributed by atoms with Gasteiger partial charge in [0, 0.05) is 25.7 Å². The Morgan fingerprint density at radius 2 is 0.612 bits per heavy atom. The fourth-order valence-corrected chi connectivity index (χ4v) is 16.0. The molecule has 0 N–H and O–H groups in total. The summed E-state index contributed by atoms with van der Waals surface area (Å²) in [5.41, 5.74) is 13.3. The van der Waals surface area contributed by atoms with Crippen molar-refractivity contribution in [3.05, 3.63) is 259 Å². The number of ether oxygens (including phenoxy) is 2. The third-order valence-corrected chi connectivity index (χ3v) is 20.0. The van der Waals surface area contributed by atoms with Gasteiger partial charge in [0.15, 0.2) is 17.0 Å². The molecule has 0 saturated carbocycles. The van der Waals surface area contributed by atoms with Crippen molar-refractivity contribution in [2.24, 2.45) is 0 Å². The van der Waals surface area contributed by atoms with E-state index in [-0.39, 0.29) is 21.7 Å². The smallest absolute Gasteiger partial charge is 0.426 e. The molecule has 0 aliphatic carbocycles. The molecule has 5 aliphatic heterocycles. The molecule has 13 rings (SSSR count). The van der Waals surface area contributed by atoms with Crippen LogP contribution in [-0.2, 0) is 77.1 Å². The Kier molecular flexibility index (Phi) is 14.2. The lowest BCUT2D eigenvalue weighted by molar-refractivity contribution is -0.175. The second-order valence-electron chi connectivity index (χ2n) is 28.6. The minimum absolute atomic E-state index is 0.118. The highest BCUT2D eigenvalue weighted by atomic mass is 31.2. The molecule has 2 atom stereocenters. The van der Waals surface area contributed by atoms with E-state index in [4.69, 9.17) is 36.6 Å². The zero-order valence-electron chi connectivity index (χ0n) is 51.8. The Labute approximate surface area is 506 Å². The first-order valence-electron chi connectivity index (χ1n) is 30.2. The van der Waals surface area contributed by atoms with Crippen molar-refractivity contribution >= 4 is 17.2 Å². The Balaban J connectivity index is 1.12. The standard InChI is InChI=1S/C75H80O8P2/c1-69(2,3)59-39-47-35-49-41-60(70(4,5)6)43-51-37-53-45-62(72(10,11)12)46-54(38-52-44-61(71(7,8)9)42-50-36-48(40-59)63(47)78-84(79-64(49)51)80-65(50)52)66(53)81-85-82-74(55-27-19-15-20-28-55,56-29-21-16-22-30-56)67-68(77-73(13,14)76-67)75(83-85,57-31-23-17-24-32-57)58-33-25-18-26-34-58/h15-34,39-46,67-68H,35-38H2,1-14H3/t67-,68-/m0/s1. The van der Waals surface area contributed by atoms with Gasteiger partial charge >= 0.3 is 17.2 Å². The number of hydrogen-bond donors (Lipinski definition) is 0. The second kappa shape index (κ2) is 20.9. The highest BCUT2D eigenvalue weighted by Gasteiger charge is 2.68. The summed E-state index contributed by atoms with van der Waals surface area (Å²) in [5, 5.41) is 0. The average molecular weight is 1170 g/mol. The van der Waals surface area contributed by atoms with Crippen molar-refractivity contribution in [3.8, 4) is 23.0 Å². The molecule has 8 nitrogen and oxygen atoms in total. The molecule has 8 aromatic rings. The highest BCUT2D eigenvalue weighted by molar-refractivity contribution is 7.43. The molecule has 85 heavy (non-hydrogen) atoms. The van der Waals surface area contributed by atoms with Gasteiger partial charge in [-0.05, 0) is 125 Å². The lowest BCUT2D eigenvalue weighted by atomic mass is 9.72. The molecule has 5 aliphatic rings. The van der Waals surface area contributed by atoms with E-state index in [0.717, 1.165) is 84.0 Å². The number of rotatable bonds is 6. The fraction of sp³-hybridized carbons (Fsp3) is 0.360. The molecule has 0 aromatic heterocycles. The maximum Gasteiger partial charge on any atom is 0.530 e. The molecular weight excluding hydrogens is 1090 g/mol. The van der Waals surface area contributed by atoms with Crippen LogP contribution in [0.1, 0.15) is 186 Å². The summed E-state index contributed by atoms with van der Waals surface area (Å²) in [7, 11) is -4.48. The third kappa shape index (κ3) is 10.5. The lowest BCUT2D eigenvalue weighted by Crippen LogP contribution is -2.53. The second-order valence-corrected chi connectivity index (χ2v) is 30.6. The first kappa shape index (κ1) is 57.7. The van der Waals surface area contributed by atoms with E-state index in [1.54, 1.807) is 0 Å². The van der Waals surface area contributed by atoms with E-state index in [9.17, 15) is 0 Å². The van der Waals surface area contributed by atoms with Crippen LogP contribution in [0.3, 0.4) is 0 Å². The van der Waals surface area contributed by atoms with E-state index in [1.807, 2.05) is 38.1 Å². The van der Waals surface area contributed by atoms with Crippen LogP contribution in [-0.4, -0.2) is 18.0 Å². The first-order chi connectivity index (χ1) is 40.3. The first-order valence-corrected chi connectivity index (χ1v) is 32.4. The maximum absolute atomic E-state index is 8.12. The van der Waals surface area contributed by atoms with Crippen LogP contribution in [0.2, 0.25) is 0 Å². The van der Waals surface area contributed by atoms with Crippen LogP contribution in [0.5, 0.6) is 23.0 Å². The summed E-state index contributed by atoms with van der Waals surface area (Å²) in [6.45, 7) is 31.5. The minimum Gasteiger partial charge on any atom is -0.426 e. The Hall–Kier alpha value is -6.34. The number of benzene rings is 8. The van der Waals surface area contributed by atoms with Gasteiger partial charge in [0.25, 0.3) is 0 Å². The lowest BCUT2D eigenvalue weighted by Gasteiger charge is -2.41. The van der Waals surface area contributed by atoms with E-state index >= 15 is 0 Å². The van der Waals surface area contributed by atoms with Gasteiger partial charge in [-0.2, -0.15) is 0 Å². The minimum atomic E-state index is -2.47. The van der Waals surface area contributed by atoms with Gasteiger partial charge in [-0.1, -0.05) is 253 Å². The quantitative estimate of drug-likeness (QED) is 0.153. The molecule has 6 bridgehead atoms. The highest BCUT2D eigenvalue weighted by Crippen LogP contribution is 2.66. The zero-order valence-corrected chi connectivity index (χ0v) is 53.6. The van der Waals surface area contributed by atoms with Gasteiger partial charge < -0.3 is 27.6 Å². The average Bonchev–Trinajstić information content (AvgIpc) is 1.62.